The van der Waals surface area contributed by atoms with Crippen LogP contribution in [0.1, 0.15) is 12.0 Å². The number of benzene rings is 1. The summed E-state index contributed by atoms with van der Waals surface area (Å²) < 4.78 is 5.79. The zero-order valence-electron chi connectivity index (χ0n) is 11.7. The van der Waals surface area contributed by atoms with Gasteiger partial charge in [0.1, 0.15) is 12.4 Å². The summed E-state index contributed by atoms with van der Waals surface area (Å²) in [7, 11) is 0. The smallest absolute Gasteiger partial charge is 0.120 e. The van der Waals surface area contributed by atoms with Crippen molar-refractivity contribution in [1.82, 2.24) is 4.90 Å². The summed E-state index contributed by atoms with van der Waals surface area (Å²) in [6, 6.07) is 7.83. The lowest BCUT2D eigenvalue weighted by Gasteiger charge is -2.25. The summed E-state index contributed by atoms with van der Waals surface area (Å²) in [5.41, 5.74) is 0.935. The molecule has 1 saturated heterocycles. The second-order valence-corrected chi connectivity index (χ2v) is 5.83. The van der Waals surface area contributed by atoms with Gasteiger partial charge in [0.05, 0.1) is 6.61 Å². The highest BCUT2D eigenvalue weighted by molar-refractivity contribution is 7.99. The van der Waals surface area contributed by atoms with E-state index in [0.29, 0.717) is 6.42 Å². The second kappa shape index (κ2) is 8.91. The average molecular weight is 291 g/mol. The van der Waals surface area contributed by atoms with Gasteiger partial charge in [-0.05, 0) is 18.2 Å². The zero-order valence-corrected chi connectivity index (χ0v) is 12.5. The highest BCUT2D eigenvalue weighted by Gasteiger charge is 2.09. The molecule has 0 amide bonds. The summed E-state index contributed by atoms with van der Waals surface area (Å²) in [6.07, 6.45) is 0.512. The molecule has 1 aliphatic rings. The van der Waals surface area contributed by atoms with E-state index < -0.39 is 0 Å². The van der Waals surface area contributed by atoms with Crippen LogP contribution in [-0.2, 0) is 0 Å². The third kappa shape index (κ3) is 5.46. The molecular weight excluding hydrogens is 270 g/mol. The van der Waals surface area contributed by atoms with Gasteiger partial charge in [-0.25, -0.2) is 0 Å². The Morgan fingerprint density at radius 3 is 2.95 bits per heavy atom. The first-order valence-corrected chi connectivity index (χ1v) is 8.16. The second-order valence-electron chi connectivity index (χ2n) is 4.61. The molecule has 0 atom stereocenters. The molecule has 0 unspecified atom stereocenters. The Balaban J connectivity index is 1.77. The van der Waals surface area contributed by atoms with E-state index in [-0.39, 0.29) is 6.61 Å². The van der Waals surface area contributed by atoms with Crippen molar-refractivity contribution in [2.24, 2.45) is 0 Å². The molecule has 2 rings (SSSR count). The van der Waals surface area contributed by atoms with Crippen LogP contribution >= 0.6 is 11.8 Å². The predicted octanol–water partition coefficient (Wildman–Crippen LogP) is 1.85. The SMILES string of the molecule is OCCC#Cc1cccc(OCCN2CCSCC2)c1. The topological polar surface area (TPSA) is 32.7 Å². The van der Waals surface area contributed by atoms with Crippen molar-refractivity contribution >= 4 is 11.8 Å². The van der Waals surface area contributed by atoms with Crippen LogP contribution in [0.3, 0.4) is 0 Å². The van der Waals surface area contributed by atoms with E-state index in [1.54, 1.807) is 0 Å². The van der Waals surface area contributed by atoms with Gasteiger partial charge in [0.25, 0.3) is 0 Å². The van der Waals surface area contributed by atoms with Crippen molar-refractivity contribution in [2.75, 3.05) is 44.4 Å². The van der Waals surface area contributed by atoms with Gasteiger partial charge in [-0.3, -0.25) is 4.90 Å². The van der Waals surface area contributed by atoms with Crippen LogP contribution in [0.25, 0.3) is 0 Å². The van der Waals surface area contributed by atoms with E-state index in [2.05, 4.69) is 16.7 Å². The standard InChI is InChI=1S/C16H21NO2S/c18-10-2-1-4-15-5-3-6-16(14-15)19-11-7-17-8-12-20-13-9-17/h3,5-6,14,18H,2,7-13H2. The van der Waals surface area contributed by atoms with Gasteiger partial charge in [-0.2, -0.15) is 11.8 Å². The van der Waals surface area contributed by atoms with Crippen LogP contribution in [-0.4, -0.2) is 54.4 Å². The highest BCUT2D eigenvalue weighted by atomic mass is 32.2. The largest absolute Gasteiger partial charge is 0.492 e. The lowest BCUT2D eigenvalue weighted by Crippen LogP contribution is -2.35. The summed E-state index contributed by atoms with van der Waals surface area (Å²) in [5.74, 6) is 9.27. The van der Waals surface area contributed by atoms with Crippen LogP contribution in [0, 0.1) is 11.8 Å². The van der Waals surface area contributed by atoms with Gasteiger partial charge >= 0.3 is 0 Å². The van der Waals surface area contributed by atoms with Gasteiger partial charge < -0.3 is 9.84 Å². The van der Waals surface area contributed by atoms with Gasteiger partial charge in [0.15, 0.2) is 0 Å². The minimum absolute atomic E-state index is 0.108. The Labute approximate surface area is 125 Å². The molecule has 1 N–H and O–H groups in total. The van der Waals surface area contributed by atoms with Crippen molar-refractivity contribution in [3.05, 3.63) is 29.8 Å². The minimum Gasteiger partial charge on any atom is -0.492 e. The Morgan fingerprint density at radius 1 is 1.30 bits per heavy atom. The van der Waals surface area contributed by atoms with Crippen LogP contribution in [0.5, 0.6) is 5.75 Å². The van der Waals surface area contributed by atoms with Gasteiger partial charge in [-0.1, -0.05) is 17.9 Å². The van der Waals surface area contributed by atoms with Crippen molar-refractivity contribution < 1.29 is 9.84 Å². The van der Waals surface area contributed by atoms with Gasteiger partial charge in [0, 0.05) is 43.1 Å². The van der Waals surface area contributed by atoms with E-state index in [1.165, 1.54) is 24.6 Å². The summed E-state index contributed by atoms with van der Waals surface area (Å²) >= 11 is 2.02. The molecule has 0 bridgehead atoms. The first kappa shape index (κ1) is 15.2. The van der Waals surface area contributed by atoms with E-state index in [0.717, 1.165) is 24.5 Å². The fourth-order valence-electron chi connectivity index (χ4n) is 2.00. The lowest BCUT2D eigenvalue weighted by molar-refractivity contribution is 0.222. The molecule has 0 spiro atoms. The van der Waals surface area contributed by atoms with Crippen molar-refractivity contribution in [3.8, 4) is 17.6 Å². The quantitative estimate of drug-likeness (QED) is 0.839. The molecule has 1 fully saturated rings. The van der Waals surface area contributed by atoms with Crippen LogP contribution in [0.2, 0.25) is 0 Å². The molecule has 0 saturated carbocycles. The highest BCUT2D eigenvalue weighted by Crippen LogP contribution is 2.13. The molecule has 1 aromatic carbocycles. The Bertz CT molecular complexity index is 461. The van der Waals surface area contributed by atoms with E-state index in [1.807, 2.05) is 36.0 Å². The van der Waals surface area contributed by atoms with E-state index in [4.69, 9.17) is 9.84 Å². The number of aliphatic hydroxyl groups is 1. The van der Waals surface area contributed by atoms with Crippen molar-refractivity contribution in [3.63, 3.8) is 0 Å². The fourth-order valence-corrected chi connectivity index (χ4v) is 2.98. The number of hydrogen-bond donors (Lipinski definition) is 1. The molecule has 0 aromatic heterocycles. The van der Waals surface area contributed by atoms with Gasteiger partial charge in [0.2, 0.25) is 0 Å². The molecule has 1 heterocycles. The fraction of sp³-hybridized carbons (Fsp3) is 0.500. The predicted molar refractivity (Wildman–Crippen MR) is 84.3 cm³/mol. The number of nitrogens with zero attached hydrogens (tertiary/aromatic N) is 1. The maximum Gasteiger partial charge on any atom is 0.120 e. The molecule has 1 aliphatic heterocycles. The maximum absolute atomic E-state index is 8.71. The number of aliphatic hydroxyl groups excluding tert-OH is 1. The molecule has 0 radical (unpaired) electrons. The average Bonchev–Trinajstić information content (AvgIpc) is 2.49. The molecule has 20 heavy (non-hydrogen) atoms. The molecule has 0 aliphatic carbocycles. The van der Waals surface area contributed by atoms with Crippen molar-refractivity contribution in [2.45, 2.75) is 6.42 Å². The summed E-state index contributed by atoms with van der Waals surface area (Å²) in [4.78, 5) is 2.45. The lowest BCUT2D eigenvalue weighted by atomic mass is 10.2. The Kier molecular flexibility index (Phi) is 6.79. The van der Waals surface area contributed by atoms with E-state index in [9.17, 15) is 0 Å². The molecule has 1 aromatic rings. The first-order valence-electron chi connectivity index (χ1n) is 7.01. The van der Waals surface area contributed by atoms with Crippen molar-refractivity contribution in [1.29, 1.82) is 0 Å². The van der Waals surface area contributed by atoms with Crippen LogP contribution in [0.15, 0.2) is 24.3 Å². The van der Waals surface area contributed by atoms with Gasteiger partial charge in [-0.15, -0.1) is 0 Å². The zero-order chi connectivity index (χ0) is 14.0. The minimum atomic E-state index is 0.108. The van der Waals surface area contributed by atoms with Crippen LogP contribution < -0.4 is 4.74 Å². The molecule has 3 nitrogen and oxygen atoms in total. The van der Waals surface area contributed by atoms with E-state index >= 15 is 0 Å². The number of hydrogen-bond acceptors (Lipinski definition) is 4. The Morgan fingerprint density at radius 2 is 2.15 bits per heavy atom. The first-order chi connectivity index (χ1) is 9.88. The molecule has 4 heteroatoms. The third-order valence-electron chi connectivity index (χ3n) is 3.08. The monoisotopic (exact) mass is 291 g/mol. The molecular formula is C16H21NO2S. The summed E-state index contributed by atoms with van der Waals surface area (Å²) in [6.45, 7) is 4.15. The number of thioether (sulfide) groups is 1. The Hall–Kier alpha value is -1.15. The normalized spacial score (nSPS) is 15.4. The third-order valence-corrected chi connectivity index (χ3v) is 4.03. The maximum atomic E-state index is 8.71. The molecule has 108 valence electrons. The number of ether oxygens (including phenoxy) is 1. The van der Waals surface area contributed by atoms with Crippen LogP contribution in [0.4, 0.5) is 0 Å². The summed E-state index contributed by atoms with van der Waals surface area (Å²) in [5, 5.41) is 8.71. The number of rotatable bonds is 5.